The lowest BCUT2D eigenvalue weighted by Crippen LogP contribution is -1.96. The number of hydrogen-bond donors (Lipinski definition) is 0. The zero-order valence-corrected chi connectivity index (χ0v) is 6.80. The van der Waals surface area contributed by atoms with Gasteiger partial charge in [-0.1, -0.05) is 6.92 Å². The minimum absolute atomic E-state index is 0.190. The second kappa shape index (κ2) is 6.23. The smallest absolute Gasteiger partial charge is 0.317 e. The van der Waals surface area contributed by atoms with Crippen molar-refractivity contribution in [3.05, 3.63) is 0 Å². The summed E-state index contributed by atoms with van der Waals surface area (Å²) < 4.78 is 4.62. The average Bonchev–Trinajstić information content (AvgIpc) is 1.89. The van der Waals surface area contributed by atoms with Crippen LogP contribution in [0, 0.1) is 0 Å². The lowest BCUT2D eigenvalue weighted by Gasteiger charge is -1.96. The molecule has 0 bridgehead atoms. The minimum Gasteiger partial charge on any atom is -0.391 e. The second-order valence-corrected chi connectivity index (χ2v) is 2.51. The van der Waals surface area contributed by atoms with E-state index in [9.17, 15) is 4.79 Å². The van der Waals surface area contributed by atoms with Gasteiger partial charge in [-0.3, -0.25) is 4.79 Å². The standard InChI is InChI=1S/C5H9ClO2S/c1-2-5(7)8-9-4-3-6/h2-4H2,1H3. The van der Waals surface area contributed by atoms with Crippen LogP contribution in [0.4, 0.5) is 0 Å². The van der Waals surface area contributed by atoms with Gasteiger partial charge in [0, 0.05) is 18.1 Å². The summed E-state index contributed by atoms with van der Waals surface area (Å²) in [6, 6.07) is 0. The Morgan fingerprint density at radius 3 is 2.89 bits per heavy atom. The van der Waals surface area contributed by atoms with E-state index < -0.39 is 0 Å². The molecule has 0 unspecified atom stereocenters. The fourth-order valence-electron chi connectivity index (χ4n) is 0.198. The topological polar surface area (TPSA) is 26.3 Å². The zero-order chi connectivity index (χ0) is 7.11. The van der Waals surface area contributed by atoms with E-state index in [2.05, 4.69) is 4.18 Å². The van der Waals surface area contributed by atoms with Crippen LogP contribution in [0.2, 0.25) is 0 Å². The Bertz CT molecular complexity index is 87.0. The summed E-state index contributed by atoms with van der Waals surface area (Å²) in [6.45, 7) is 1.75. The number of rotatable bonds is 4. The van der Waals surface area contributed by atoms with Gasteiger partial charge in [-0.25, -0.2) is 0 Å². The SMILES string of the molecule is CCC(=O)OSCCCl. The normalized spacial score (nSPS) is 9.11. The molecule has 0 saturated heterocycles. The molecule has 0 radical (unpaired) electrons. The van der Waals surface area contributed by atoms with Gasteiger partial charge in [-0.15, -0.1) is 11.6 Å². The van der Waals surface area contributed by atoms with E-state index in [1.165, 1.54) is 0 Å². The van der Waals surface area contributed by atoms with Gasteiger partial charge in [0.1, 0.15) is 0 Å². The first-order valence-corrected chi connectivity index (χ1v) is 4.14. The lowest BCUT2D eigenvalue weighted by molar-refractivity contribution is -0.132. The molecule has 0 heterocycles. The molecular formula is C5H9ClO2S. The van der Waals surface area contributed by atoms with Gasteiger partial charge in [0.2, 0.25) is 0 Å². The van der Waals surface area contributed by atoms with Crippen LogP contribution in [0.3, 0.4) is 0 Å². The Labute approximate surface area is 64.1 Å². The lowest BCUT2D eigenvalue weighted by atomic mass is 10.5. The third-order valence-electron chi connectivity index (χ3n) is 0.601. The molecule has 4 heteroatoms. The minimum atomic E-state index is -0.190. The van der Waals surface area contributed by atoms with Crippen molar-refractivity contribution in [1.82, 2.24) is 0 Å². The molecule has 0 aliphatic carbocycles. The summed E-state index contributed by atoms with van der Waals surface area (Å²) in [5.74, 6) is 0.986. The summed E-state index contributed by atoms with van der Waals surface area (Å²) in [7, 11) is 0. The van der Waals surface area contributed by atoms with Gasteiger partial charge < -0.3 is 4.18 Å². The molecule has 2 nitrogen and oxygen atoms in total. The Kier molecular flexibility index (Phi) is 6.31. The van der Waals surface area contributed by atoms with Crippen LogP contribution < -0.4 is 0 Å². The van der Waals surface area contributed by atoms with Crippen LogP contribution in [0.1, 0.15) is 13.3 Å². The third kappa shape index (κ3) is 5.99. The summed E-state index contributed by atoms with van der Waals surface area (Å²) in [4.78, 5) is 10.4. The van der Waals surface area contributed by atoms with Crippen molar-refractivity contribution in [2.24, 2.45) is 0 Å². The van der Waals surface area contributed by atoms with Crippen molar-refractivity contribution in [3.63, 3.8) is 0 Å². The second-order valence-electron chi connectivity index (χ2n) is 1.32. The molecule has 0 aromatic rings. The molecule has 0 rings (SSSR count). The number of hydrogen-bond acceptors (Lipinski definition) is 3. The number of carbonyl (C=O) groups excluding carboxylic acids is 1. The van der Waals surface area contributed by atoms with E-state index in [4.69, 9.17) is 11.6 Å². The predicted molar refractivity (Wildman–Crippen MR) is 39.6 cm³/mol. The van der Waals surface area contributed by atoms with Crippen LogP contribution in [-0.2, 0) is 8.98 Å². The van der Waals surface area contributed by atoms with Crippen molar-refractivity contribution in [1.29, 1.82) is 0 Å². The summed E-state index contributed by atoms with van der Waals surface area (Å²) in [6.07, 6.45) is 0.426. The highest BCUT2D eigenvalue weighted by Crippen LogP contribution is 2.03. The van der Waals surface area contributed by atoms with E-state index >= 15 is 0 Å². The number of alkyl halides is 1. The number of halogens is 1. The van der Waals surface area contributed by atoms with Gasteiger partial charge >= 0.3 is 5.97 Å². The molecule has 0 N–H and O–H groups in total. The first-order chi connectivity index (χ1) is 4.31. The van der Waals surface area contributed by atoms with Crippen LogP contribution >= 0.6 is 23.6 Å². The zero-order valence-electron chi connectivity index (χ0n) is 5.22. The van der Waals surface area contributed by atoms with E-state index in [1.807, 2.05) is 0 Å². The van der Waals surface area contributed by atoms with Crippen LogP contribution in [0.25, 0.3) is 0 Å². The molecule has 0 atom stereocenters. The van der Waals surface area contributed by atoms with Crippen molar-refractivity contribution < 1.29 is 8.98 Å². The maximum absolute atomic E-state index is 10.4. The molecule has 0 amide bonds. The fraction of sp³-hybridized carbons (Fsp3) is 0.800. The van der Waals surface area contributed by atoms with Gasteiger partial charge in [0.25, 0.3) is 0 Å². The summed E-state index contributed by atoms with van der Waals surface area (Å²) in [5.41, 5.74) is 0. The van der Waals surface area contributed by atoms with Gasteiger partial charge in [0.05, 0.1) is 12.0 Å². The van der Waals surface area contributed by atoms with Gasteiger partial charge in [0.15, 0.2) is 0 Å². The number of carbonyl (C=O) groups is 1. The molecule has 0 aliphatic heterocycles. The maximum Gasteiger partial charge on any atom is 0.317 e. The predicted octanol–water partition coefficient (Wildman–Crippen LogP) is 1.83. The molecule has 0 aromatic carbocycles. The quantitative estimate of drug-likeness (QED) is 0.364. The molecule has 0 spiro atoms. The van der Waals surface area contributed by atoms with Crippen molar-refractivity contribution in [2.45, 2.75) is 13.3 Å². The largest absolute Gasteiger partial charge is 0.391 e. The fourth-order valence-corrected chi connectivity index (χ4v) is 0.782. The molecule has 0 aromatic heterocycles. The maximum atomic E-state index is 10.4. The van der Waals surface area contributed by atoms with E-state index in [1.54, 1.807) is 6.92 Å². The van der Waals surface area contributed by atoms with Crippen LogP contribution in [-0.4, -0.2) is 17.6 Å². The Hall–Kier alpha value is 0.110. The van der Waals surface area contributed by atoms with Crippen molar-refractivity contribution in [2.75, 3.05) is 11.6 Å². The molecule has 54 valence electrons. The highest BCUT2D eigenvalue weighted by atomic mass is 35.5. The van der Waals surface area contributed by atoms with Crippen molar-refractivity contribution >= 4 is 29.6 Å². The first-order valence-electron chi connectivity index (χ1n) is 2.69. The first kappa shape index (κ1) is 9.11. The molecular weight excluding hydrogens is 160 g/mol. The van der Waals surface area contributed by atoms with Gasteiger partial charge in [-0.2, -0.15) is 0 Å². The Balaban J connectivity index is 2.97. The molecule has 9 heavy (non-hydrogen) atoms. The highest BCUT2D eigenvalue weighted by molar-refractivity contribution is 7.95. The van der Waals surface area contributed by atoms with E-state index in [0.717, 1.165) is 12.0 Å². The highest BCUT2D eigenvalue weighted by Gasteiger charge is 1.96. The van der Waals surface area contributed by atoms with E-state index in [-0.39, 0.29) is 5.97 Å². The Morgan fingerprint density at radius 2 is 2.44 bits per heavy atom. The third-order valence-corrected chi connectivity index (χ3v) is 1.69. The summed E-state index contributed by atoms with van der Waals surface area (Å²) in [5, 5.41) is 0. The molecule has 0 saturated carbocycles. The van der Waals surface area contributed by atoms with E-state index in [0.29, 0.717) is 18.1 Å². The Morgan fingerprint density at radius 1 is 1.78 bits per heavy atom. The van der Waals surface area contributed by atoms with Crippen molar-refractivity contribution in [3.8, 4) is 0 Å². The summed E-state index contributed by atoms with van der Waals surface area (Å²) >= 11 is 6.42. The van der Waals surface area contributed by atoms with Crippen LogP contribution in [0.5, 0.6) is 0 Å². The molecule has 0 aliphatic rings. The molecule has 0 fully saturated rings. The van der Waals surface area contributed by atoms with Gasteiger partial charge in [-0.05, 0) is 0 Å². The van der Waals surface area contributed by atoms with Crippen LogP contribution in [0.15, 0.2) is 0 Å². The average molecular weight is 169 g/mol. The monoisotopic (exact) mass is 168 g/mol.